The Morgan fingerprint density at radius 1 is 0.416 bits per heavy atom. The average molecular weight is 1560 g/mol. The maximum atomic E-state index is 6.30. The van der Waals surface area contributed by atoms with Gasteiger partial charge in [0.1, 0.15) is 125 Å². The minimum atomic E-state index is 0.282. The number of piperazine rings is 1. The van der Waals surface area contributed by atoms with Crippen LogP contribution in [0.3, 0.4) is 0 Å². The fraction of sp³-hybridized carbons (Fsp3) is 0.207. The van der Waals surface area contributed by atoms with Crippen molar-refractivity contribution in [3.63, 3.8) is 0 Å². The van der Waals surface area contributed by atoms with E-state index in [0.717, 1.165) is 165 Å². The highest BCUT2D eigenvalue weighted by Crippen LogP contribution is 2.38. The predicted octanol–water partition coefficient (Wildman–Crippen LogP) is 14.5. The number of nitrogens with two attached hydrogens (primary N) is 3. The SMILES string of the molecule is CN1CCN(CCn2nc(-c3ccc(Oc4cccc(OCc5cncs5)c4)cc3)c3c(N)ncnc32)CC1.Nc1ncnc2c1c(-c1ccc(Oc3cccc(OCc4cncs4)c3)cc1)nn2C1CCNCC1.Nc1ncnc2c1c(-c1ccc(Oc3cccc(OCc4cncs4)c3)cc1)nn2CCc1ccncc1. The van der Waals surface area contributed by atoms with Crippen molar-refractivity contribution in [2.45, 2.75) is 58.2 Å². The van der Waals surface area contributed by atoms with Crippen LogP contribution in [0.5, 0.6) is 51.7 Å². The topological polar surface area (TPSA) is 334 Å². The van der Waals surface area contributed by atoms with E-state index < -0.39 is 0 Å². The minimum absolute atomic E-state index is 0.282. The van der Waals surface area contributed by atoms with E-state index in [1.54, 1.807) is 69.1 Å². The Morgan fingerprint density at radius 2 is 0.814 bits per heavy atom. The predicted molar refractivity (Wildman–Crippen MR) is 437 cm³/mol. The first-order valence-corrected chi connectivity index (χ1v) is 39.3. The largest absolute Gasteiger partial charge is 0.488 e. The van der Waals surface area contributed by atoms with Crippen molar-refractivity contribution in [3.8, 4) is 85.5 Å². The zero-order valence-corrected chi connectivity index (χ0v) is 64.0. The summed E-state index contributed by atoms with van der Waals surface area (Å²) in [6, 6.07) is 50.4. The van der Waals surface area contributed by atoms with E-state index in [4.69, 9.17) is 60.9 Å². The van der Waals surface area contributed by atoms with Crippen LogP contribution in [0.2, 0.25) is 0 Å². The lowest BCUT2D eigenvalue weighted by molar-refractivity contribution is 0.149. The molecule has 113 heavy (non-hydrogen) atoms. The molecule has 0 radical (unpaired) electrons. The Bertz CT molecular complexity index is 5770. The standard InChI is InChI=1S/C28H30N8O2S.C28H23N7O2S.C26H25N7O2S/c1-34-9-11-35(12-10-34)13-14-36-28-25(27(29)31-18-32-28)26(33-36)20-5-7-21(8-6-20)38-23-4-2-3-22(15-23)37-17-24-16-30-19-39-24;29-27-25-26(34-35(28(25)33-17-32-27)13-10-19-8-11-30-12-9-19)20-4-6-21(7-5-20)37-23-3-1-2-22(14-23)36-16-24-15-31-18-38-24;27-25-23-24(32-33(26(23)31-15-30-25)18-8-10-28-11-9-18)17-4-6-19(7-5-17)35-21-3-1-2-20(12-21)34-14-22-13-29-16-36-22/h2-8,15-16,18-19H,9-14,17H2,1H3,(H2,29,31,32);1-9,11-12,14-15,17-18H,10,13,16H2,(H2,29,32,33);1-7,12-13,15-16,18,28H,8-11,14H2,(H2,27,30,31). The van der Waals surface area contributed by atoms with E-state index in [1.165, 1.54) is 24.5 Å². The monoisotopic (exact) mass is 1560 g/mol. The number of aromatic nitrogens is 16. The first kappa shape index (κ1) is 74.2. The maximum Gasteiger partial charge on any atom is 0.164 e. The fourth-order valence-corrected chi connectivity index (χ4v) is 14.6. The summed E-state index contributed by atoms with van der Waals surface area (Å²) < 4.78 is 41.7. The Hall–Kier alpha value is -12.9. The van der Waals surface area contributed by atoms with E-state index in [1.807, 2.05) is 184 Å². The van der Waals surface area contributed by atoms with Gasteiger partial charge in [-0.15, -0.1) is 34.0 Å². The first-order chi connectivity index (χ1) is 55.6. The number of anilines is 3. The normalized spacial score (nSPS) is 13.3. The van der Waals surface area contributed by atoms with E-state index in [2.05, 4.69) is 72.0 Å². The van der Waals surface area contributed by atoms with Crippen LogP contribution in [0.1, 0.15) is 39.1 Å². The highest BCUT2D eigenvalue weighted by molar-refractivity contribution is 7.10. The van der Waals surface area contributed by atoms with Crippen molar-refractivity contribution in [1.82, 2.24) is 94.3 Å². The number of fused-ring (bicyclic) bond motifs is 3. The zero-order chi connectivity index (χ0) is 76.7. The molecule has 28 nitrogen and oxygen atoms in total. The number of thiazole rings is 3. The van der Waals surface area contributed by atoms with Crippen molar-refractivity contribution >= 4 is 84.6 Å². The Kier molecular flexibility index (Phi) is 23.2. The molecular weight excluding hydrogens is 1490 g/mol. The van der Waals surface area contributed by atoms with Gasteiger partial charge in [0.15, 0.2) is 16.9 Å². The molecule has 12 heterocycles. The highest BCUT2D eigenvalue weighted by Gasteiger charge is 2.25. The summed E-state index contributed by atoms with van der Waals surface area (Å²) in [6.45, 7) is 9.93. The minimum Gasteiger partial charge on any atom is -0.488 e. The number of pyridine rings is 1. The summed E-state index contributed by atoms with van der Waals surface area (Å²) >= 11 is 4.70. The van der Waals surface area contributed by atoms with Gasteiger partial charge < -0.3 is 55.8 Å². The van der Waals surface area contributed by atoms with Gasteiger partial charge in [-0.05, 0) is 166 Å². The van der Waals surface area contributed by atoms with Crippen LogP contribution < -0.4 is 50.9 Å². The molecule has 16 aromatic rings. The second-order valence-corrected chi connectivity index (χ2v) is 29.5. The summed E-state index contributed by atoms with van der Waals surface area (Å²) in [5.41, 5.74) is 32.7. The van der Waals surface area contributed by atoms with Crippen LogP contribution in [0, 0.1) is 0 Å². The molecule has 7 N–H and O–H groups in total. The van der Waals surface area contributed by atoms with Crippen LogP contribution in [-0.2, 0) is 39.3 Å². The second-order valence-electron chi connectivity index (χ2n) is 26.6. The van der Waals surface area contributed by atoms with Crippen LogP contribution >= 0.6 is 34.0 Å². The van der Waals surface area contributed by atoms with Crippen molar-refractivity contribution in [1.29, 1.82) is 0 Å². The van der Waals surface area contributed by atoms with Gasteiger partial charge >= 0.3 is 0 Å². The molecule has 2 aliphatic heterocycles. The number of rotatable bonds is 25. The van der Waals surface area contributed by atoms with Crippen LogP contribution in [0.25, 0.3) is 66.9 Å². The van der Waals surface area contributed by atoms with Crippen molar-refractivity contribution in [3.05, 3.63) is 244 Å². The quantitative estimate of drug-likeness (QED) is 0.0413. The van der Waals surface area contributed by atoms with Gasteiger partial charge in [-0.2, -0.15) is 15.3 Å². The number of nitrogens with one attached hydrogen (secondary N) is 1. The number of hydrogen-bond donors (Lipinski definition) is 4. The van der Waals surface area contributed by atoms with Crippen molar-refractivity contribution < 1.29 is 28.4 Å². The molecule has 31 heteroatoms. The molecule has 0 saturated carbocycles. The third-order valence-corrected chi connectivity index (χ3v) is 21.2. The molecule has 18 rings (SSSR count). The Labute approximate surface area is 661 Å². The van der Waals surface area contributed by atoms with Gasteiger partial charge in [0.05, 0.1) is 59.9 Å². The average Bonchev–Trinajstić information content (AvgIpc) is 1.63. The number of likely N-dealkylation sites (N-methyl/N-ethyl adjacent to an activating group) is 1. The van der Waals surface area contributed by atoms with Crippen molar-refractivity contribution in [2.75, 3.05) is 70.1 Å². The molecule has 0 bridgehead atoms. The van der Waals surface area contributed by atoms with Gasteiger partial charge in [-0.3, -0.25) is 24.8 Å². The van der Waals surface area contributed by atoms with E-state index in [0.29, 0.717) is 84.0 Å². The zero-order valence-electron chi connectivity index (χ0n) is 61.5. The fourth-order valence-electron chi connectivity index (χ4n) is 13.1. The summed E-state index contributed by atoms with van der Waals surface area (Å²) in [5, 5.41) is 20.4. The molecule has 10 aromatic heterocycles. The molecule has 0 atom stereocenters. The van der Waals surface area contributed by atoms with Crippen LogP contribution in [-0.4, -0.2) is 142 Å². The number of benzene rings is 6. The number of nitrogen functional groups attached to an aromatic ring is 3. The molecule has 0 aliphatic carbocycles. The molecule has 2 aliphatic rings. The van der Waals surface area contributed by atoms with Gasteiger partial charge in [0.25, 0.3) is 0 Å². The third kappa shape index (κ3) is 18.4. The van der Waals surface area contributed by atoms with Gasteiger partial charge in [0, 0.05) is 105 Å². The lowest BCUT2D eigenvalue weighted by atomic mass is 10.1. The highest BCUT2D eigenvalue weighted by atomic mass is 32.1. The maximum absolute atomic E-state index is 6.30. The van der Waals surface area contributed by atoms with E-state index >= 15 is 0 Å². The lowest BCUT2D eigenvalue weighted by Crippen LogP contribution is -2.45. The lowest BCUT2D eigenvalue weighted by Gasteiger charge is -2.32. The summed E-state index contributed by atoms with van der Waals surface area (Å²) in [7, 11) is 2.16. The first-order valence-electron chi connectivity index (χ1n) is 36.7. The van der Waals surface area contributed by atoms with E-state index in [-0.39, 0.29) is 6.04 Å². The smallest absolute Gasteiger partial charge is 0.164 e. The van der Waals surface area contributed by atoms with Gasteiger partial charge in [-0.1, -0.05) is 18.2 Å². The number of aryl methyl sites for hydroxylation is 2. The van der Waals surface area contributed by atoms with Gasteiger partial charge in [-0.25, -0.2) is 43.9 Å². The number of ether oxygens (including phenoxy) is 6. The number of hydrogen-bond acceptors (Lipinski definition) is 28. The van der Waals surface area contributed by atoms with Crippen LogP contribution in [0.15, 0.2) is 224 Å². The molecule has 0 unspecified atom stereocenters. The molecule has 0 spiro atoms. The Balaban J connectivity index is 0.000000128. The van der Waals surface area contributed by atoms with Crippen LogP contribution in [0.4, 0.5) is 17.5 Å². The second kappa shape index (κ2) is 35.4. The third-order valence-electron chi connectivity index (χ3n) is 19.0. The molecule has 2 saturated heterocycles. The number of piperidine rings is 1. The summed E-state index contributed by atoms with van der Waals surface area (Å²) in [4.78, 5) is 50.5. The van der Waals surface area contributed by atoms with Gasteiger partial charge in [0.2, 0.25) is 0 Å². The number of nitrogens with zero attached hydrogens (tertiary/aromatic N) is 18. The van der Waals surface area contributed by atoms with Crippen molar-refractivity contribution in [2.24, 2.45) is 0 Å². The van der Waals surface area contributed by atoms with E-state index in [9.17, 15) is 0 Å². The molecule has 0 amide bonds. The molecule has 570 valence electrons. The summed E-state index contributed by atoms with van der Waals surface area (Å²) in [6.07, 6.45) is 16.3. The molecule has 6 aromatic carbocycles. The molecule has 2 fully saturated rings. The Morgan fingerprint density at radius 3 is 1.24 bits per heavy atom. The molecular formula is C82H78N22O6S3. The summed E-state index contributed by atoms with van der Waals surface area (Å²) in [5.74, 6) is 7.66.